The average Bonchev–Trinajstić information content (AvgIpc) is 2.88. The van der Waals surface area contributed by atoms with Crippen molar-refractivity contribution in [3.63, 3.8) is 0 Å². The highest BCUT2D eigenvalue weighted by Gasteiger charge is 2.18. The first-order valence-corrected chi connectivity index (χ1v) is 8.58. The van der Waals surface area contributed by atoms with Gasteiger partial charge in [0.2, 0.25) is 0 Å². The first-order valence-electron chi connectivity index (χ1n) is 8.20. The zero-order valence-corrected chi connectivity index (χ0v) is 14.6. The van der Waals surface area contributed by atoms with E-state index < -0.39 is 0 Å². The fourth-order valence-electron chi connectivity index (χ4n) is 3.19. The number of hydrogen-bond acceptors (Lipinski definition) is 3. The van der Waals surface area contributed by atoms with Crippen LogP contribution in [0.4, 0.5) is 0 Å². The summed E-state index contributed by atoms with van der Waals surface area (Å²) in [5, 5.41) is 5.36. The van der Waals surface area contributed by atoms with Gasteiger partial charge in [-0.25, -0.2) is 0 Å². The normalized spacial score (nSPS) is 18.5. The molecule has 0 unspecified atom stereocenters. The van der Waals surface area contributed by atoms with Gasteiger partial charge in [0.1, 0.15) is 0 Å². The van der Waals surface area contributed by atoms with E-state index in [0.717, 1.165) is 36.0 Å². The summed E-state index contributed by atoms with van der Waals surface area (Å²) in [5.41, 5.74) is 3.29. The Morgan fingerprint density at radius 1 is 1.39 bits per heavy atom. The monoisotopic (exact) mass is 333 g/mol. The summed E-state index contributed by atoms with van der Waals surface area (Å²) in [6.45, 7) is 2.72. The molecule has 0 spiro atoms. The van der Waals surface area contributed by atoms with E-state index in [1.165, 1.54) is 24.8 Å². The van der Waals surface area contributed by atoms with Crippen LogP contribution in [0.25, 0.3) is 11.3 Å². The third-order valence-electron chi connectivity index (χ3n) is 4.23. The molecule has 23 heavy (non-hydrogen) atoms. The number of ether oxygens (including phenoxy) is 1. The third kappa shape index (κ3) is 4.34. The number of benzene rings is 1. The minimum absolute atomic E-state index is 0.361. The van der Waals surface area contributed by atoms with Crippen LogP contribution in [0.3, 0.4) is 0 Å². The fraction of sp³-hybridized carbons (Fsp3) is 0.500. The topological polar surface area (TPSA) is 30.3 Å². The number of halogens is 1. The van der Waals surface area contributed by atoms with Crippen molar-refractivity contribution in [2.75, 3.05) is 20.2 Å². The predicted molar refractivity (Wildman–Crippen MR) is 93.6 cm³/mol. The zero-order chi connectivity index (χ0) is 16.2. The van der Waals surface area contributed by atoms with Gasteiger partial charge in [0.25, 0.3) is 0 Å². The van der Waals surface area contributed by atoms with Gasteiger partial charge in [-0.15, -0.1) is 0 Å². The van der Waals surface area contributed by atoms with E-state index in [4.69, 9.17) is 16.3 Å². The molecule has 0 bridgehead atoms. The Hall–Kier alpha value is -1.36. The molecule has 1 aromatic heterocycles. The van der Waals surface area contributed by atoms with Gasteiger partial charge in [-0.05, 0) is 38.4 Å². The molecular weight excluding hydrogens is 310 g/mol. The fourth-order valence-corrected chi connectivity index (χ4v) is 3.38. The first kappa shape index (κ1) is 16.5. The van der Waals surface area contributed by atoms with Gasteiger partial charge in [-0.1, -0.05) is 23.7 Å². The maximum atomic E-state index is 6.13. The Labute approximate surface area is 143 Å². The Kier molecular flexibility index (Phi) is 5.36. The molecule has 2 heterocycles. The highest BCUT2D eigenvalue weighted by atomic mass is 35.5. The van der Waals surface area contributed by atoms with E-state index in [1.807, 2.05) is 29.9 Å². The Balaban J connectivity index is 1.72. The Morgan fingerprint density at radius 2 is 2.26 bits per heavy atom. The molecule has 0 radical (unpaired) electrons. The van der Waals surface area contributed by atoms with E-state index in [1.54, 1.807) is 0 Å². The number of likely N-dealkylation sites (N-methyl/N-ethyl adjacent to an activating group) is 1. The molecule has 0 aliphatic carbocycles. The van der Waals surface area contributed by atoms with Crippen molar-refractivity contribution < 1.29 is 4.74 Å². The molecule has 5 heteroatoms. The summed E-state index contributed by atoms with van der Waals surface area (Å²) < 4.78 is 7.71. The summed E-state index contributed by atoms with van der Waals surface area (Å²) >= 11 is 6.13. The van der Waals surface area contributed by atoms with Gasteiger partial charge < -0.3 is 4.74 Å². The summed E-state index contributed by atoms with van der Waals surface area (Å²) in [4.78, 5) is 2.32. The summed E-state index contributed by atoms with van der Waals surface area (Å²) in [7, 11) is 4.11. The molecular formula is C18H24ClN3O. The summed E-state index contributed by atoms with van der Waals surface area (Å²) in [6, 6.07) is 7.88. The molecule has 0 amide bonds. The molecule has 1 atom stereocenters. The molecule has 1 saturated heterocycles. The smallest absolute Gasteiger partial charge is 0.0968 e. The lowest BCUT2D eigenvalue weighted by atomic mass is 10.1. The van der Waals surface area contributed by atoms with Crippen LogP contribution in [0, 0.1) is 0 Å². The lowest BCUT2D eigenvalue weighted by molar-refractivity contribution is -0.00257. The Bertz CT molecular complexity index is 649. The Morgan fingerprint density at radius 3 is 3.00 bits per heavy atom. The molecule has 1 fully saturated rings. The van der Waals surface area contributed by atoms with Gasteiger partial charge in [0.05, 0.1) is 11.8 Å². The minimum Gasteiger partial charge on any atom is -0.377 e. The van der Waals surface area contributed by atoms with Gasteiger partial charge in [-0.3, -0.25) is 9.58 Å². The van der Waals surface area contributed by atoms with Gasteiger partial charge in [0.15, 0.2) is 0 Å². The van der Waals surface area contributed by atoms with Crippen LogP contribution in [0.5, 0.6) is 0 Å². The van der Waals surface area contributed by atoms with E-state index in [2.05, 4.69) is 29.3 Å². The van der Waals surface area contributed by atoms with Crippen molar-refractivity contribution in [2.24, 2.45) is 7.05 Å². The number of aryl methyl sites for hydroxylation is 1. The maximum Gasteiger partial charge on any atom is 0.0968 e. The largest absolute Gasteiger partial charge is 0.377 e. The number of aromatic nitrogens is 2. The van der Waals surface area contributed by atoms with Crippen molar-refractivity contribution in [3.8, 4) is 11.3 Å². The number of hydrogen-bond donors (Lipinski definition) is 0. The highest BCUT2D eigenvalue weighted by molar-refractivity contribution is 6.30. The third-order valence-corrected chi connectivity index (χ3v) is 4.47. The van der Waals surface area contributed by atoms with Gasteiger partial charge >= 0.3 is 0 Å². The van der Waals surface area contributed by atoms with Crippen LogP contribution in [0.2, 0.25) is 5.02 Å². The summed E-state index contributed by atoms with van der Waals surface area (Å²) in [5.74, 6) is 0. The highest BCUT2D eigenvalue weighted by Crippen LogP contribution is 2.25. The van der Waals surface area contributed by atoms with E-state index in [9.17, 15) is 0 Å². The average molecular weight is 334 g/mol. The van der Waals surface area contributed by atoms with Gasteiger partial charge in [0, 0.05) is 49.1 Å². The van der Waals surface area contributed by atoms with E-state index in [-0.39, 0.29) is 0 Å². The van der Waals surface area contributed by atoms with Crippen molar-refractivity contribution in [2.45, 2.75) is 31.9 Å². The molecule has 2 aromatic rings. The van der Waals surface area contributed by atoms with Crippen LogP contribution in [0.1, 0.15) is 24.8 Å². The molecule has 0 N–H and O–H groups in total. The molecule has 0 saturated carbocycles. The van der Waals surface area contributed by atoms with Crippen molar-refractivity contribution in [1.29, 1.82) is 0 Å². The lowest BCUT2D eigenvalue weighted by Gasteiger charge is -2.27. The predicted octanol–water partition coefficient (Wildman–Crippen LogP) is 3.74. The molecule has 1 aliphatic rings. The standard InChI is InChI=1S/C18H24ClN3O/c1-21(13-17-8-3-4-9-23-17)11-15-12-22(2)20-18(15)14-6-5-7-16(19)10-14/h5-7,10,12,17H,3-4,8-9,11,13H2,1-2H3/t17-/m0/s1. The lowest BCUT2D eigenvalue weighted by Crippen LogP contribution is -2.33. The molecule has 124 valence electrons. The first-order chi connectivity index (χ1) is 11.1. The second-order valence-electron chi connectivity index (χ2n) is 6.37. The second kappa shape index (κ2) is 7.47. The second-order valence-corrected chi connectivity index (χ2v) is 6.81. The minimum atomic E-state index is 0.361. The summed E-state index contributed by atoms with van der Waals surface area (Å²) in [6.07, 6.45) is 6.09. The maximum absolute atomic E-state index is 6.13. The number of rotatable bonds is 5. The van der Waals surface area contributed by atoms with Crippen molar-refractivity contribution in [3.05, 3.63) is 41.0 Å². The molecule has 1 aliphatic heterocycles. The van der Waals surface area contributed by atoms with Crippen LogP contribution < -0.4 is 0 Å². The molecule has 3 rings (SSSR count). The van der Waals surface area contributed by atoms with Crippen LogP contribution in [-0.2, 0) is 18.3 Å². The molecule has 4 nitrogen and oxygen atoms in total. The van der Waals surface area contributed by atoms with E-state index in [0.29, 0.717) is 6.10 Å². The van der Waals surface area contributed by atoms with Crippen LogP contribution in [-0.4, -0.2) is 41.0 Å². The van der Waals surface area contributed by atoms with Crippen LogP contribution in [0.15, 0.2) is 30.5 Å². The quantitative estimate of drug-likeness (QED) is 0.835. The SMILES string of the molecule is CN(Cc1cn(C)nc1-c1cccc(Cl)c1)C[C@@H]1CCCCO1. The van der Waals surface area contributed by atoms with Crippen LogP contribution >= 0.6 is 11.6 Å². The van der Waals surface area contributed by atoms with Crippen molar-refractivity contribution in [1.82, 2.24) is 14.7 Å². The molecule has 1 aromatic carbocycles. The van der Waals surface area contributed by atoms with Gasteiger partial charge in [-0.2, -0.15) is 5.10 Å². The number of nitrogens with zero attached hydrogens (tertiary/aromatic N) is 3. The zero-order valence-electron chi connectivity index (χ0n) is 13.8. The van der Waals surface area contributed by atoms with E-state index >= 15 is 0 Å². The van der Waals surface area contributed by atoms with Crippen molar-refractivity contribution >= 4 is 11.6 Å².